The minimum Gasteiger partial charge on any atom is -0.334 e. The molecular formula is C19H24F3N5O. The first kappa shape index (κ1) is 20.2. The van der Waals surface area contributed by atoms with Crippen molar-refractivity contribution in [2.45, 2.75) is 25.7 Å². The van der Waals surface area contributed by atoms with Crippen LogP contribution in [-0.2, 0) is 13.1 Å². The molecule has 1 aromatic carbocycles. The molecule has 0 aliphatic carbocycles. The van der Waals surface area contributed by atoms with Crippen LogP contribution in [-0.4, -0.2) is 64.5 Å². The molecule has 2 aromatic rings. The Kier molecular flexibility index (Phi) is 6.56. The van der Waals surface area contributed by atoms with Crippen molar-refractivity contribution in [2.75, 3.05) is 32.7 Å². The van der Waals surface area contributed by atoms with Gasteiger partial charge in [0.05, 0.1) is 13.1 Å². The summed E-state index contributed by atoms with van der Waals surface area (Å²) in [5.74, 6) is 0. The van der Waals surface area contributed by atoms with Crippen LogP contribution in [0.2, 0.25) is 0 Å². The van der Waals surface area contributed by atoms with Gasteiger partial charge < -0.3 is 10.2 Å². The summed E-state index contributed by atoms with van der Waals surface area (Å²) in [6.07, 6.45) is -0.0970. The fourth-order valence-electron chi connectivity index (χ4n) is 3.32. The SMILES string of the molecule is O=C(NCc1ccccc1Cn1cccn1)N1CCCN(CC(F)(F)F)CC1. The molecule has 9 heteroatoms. The molecule has 3 rings (SSSR count). The van der Waals surface area contributed by atoms with Gasteiger partial charge in [0.1, 0.15) is 0 Å². The molecule has 28 heavy (non-hydrogen) atoms. The van der Waals surface area contributed by atoms with Crippen molar-refractivity contribution in [1.82, 2.24) is 24.9 Å². The number of halogens is 3. The summed E-state index contributed by atoms with van der Waals surface area (Å²) in [5, 5.41) is 7.10. The number of benzene rings is 1. The average molecular weight is 395 g/mol. The van der Waals surface area contributed by atoms with Crippen LogP contribution in [0.4, 0.5) is 18.0 Å². The molecule has 1 saturated heterocycles. The van der Waals surface area contributed by atoms with E-state index in [1.54, 1.807) is 11.1 Å². The van der Waals surface area contributed by atoms with E-state index in [-0.39, 0.29) is 19.1 Å². The number of alkyl halides is 3. The standard InChI is InChI=1S/C19H24F3N5O/c20-19(21,22)15-25-8-4-9-26(12-11-25)18(28)23-13-16-5-1-2-6-17(16)14-27-10-3-7-24-27/h1-3,5-7,10H,4,8-9,11-15H2,(H,23,28). The Labute approximate surface area is 161 Å². The highest BCUT2D eigenvalue weighted by atomic mass is 19.4. The van der Waals surface area contributed by atoms with Crippen molar-refractivity contribution in [1.29, 1.82) is 0 Å². The molecule has 1 aromatic heterocycles. The van der Waals surface area contributed by atoms with E-state index in [9.17, 15) is 18.0 Å². The minimum atomic E-state index is -4.21. The summed E-state index contributed by atoms with van der Waals surface area (Å²) in [7, 11) is 0. The normalized spacial score (nSPS) is 16.0. The summed E-state index contributed by atoms with van der Waals surface area (Å²) in [4.78, 5) is 15.4. The van der Waals surface area contributed by atoms with Gasteiger partial charge in [0, 0.05) is 45.1 Å². The summed E-state index contributed by atoms with van der Waals surface area (Å²) < 4.78 is 39.5. The van der Waals surface area contributed by atoms with E-state index in [2.05, 4.69) is 10.4 Å². The number of aromatic nitrogens is 2. The number of carbonyl (C=O) groups excluding carboxylic acids is 1. The Hall–Kier alpha value is -2.55. The van der Waals surface area contributed by atoms with E-state index in [1.165, 1.54) is 4.90 Å². The van der Waals surface area contributed by atoms with Gasteiger partial charge in [-0.15, -0.1) is 0 Å². The molecule has 1 aliphatic heterocycles. The molecule has 1 N–H and O–H groups in total. The summed E-state index contributed by atoms with van der Waals surface area (Å²) in [5.41, 5.74) is 2.04. The topological polar surface area (TPSA) is 53.4 Å². The number of nitrogens with zero attached hydrogens (tertiary/aromatic N) is 4. The molecule has 0 spiro atoms. The fraction of sp³-hybridized carbons (Fsp3) is 0.474. The van der Waals surface area contributed by atoms with Gasteiger partial charge in [0.25, 0.3) is 0 Å². The second-order valence-electron chi connectivity index (χ2n) is 6.86. The molecule has 0 unspecified atom stereocenters. The number of hydrogen-bond donors (Lipinski definition) is 1. The fourth-order valence-corrected chi connectivity index (χ4v) is 3.32. The van der Waals surface area contributed by atoms with Crippen LogP contribution >= 0.6 is 0 Å². The molecule has 0 bridgehead atoms. The van der Waals surface area contributed by atoms with Crippen molar-refractivity contribution in [3.63, 3.8) is 0 Å². The third kappa shape index (κ3) is 5.98. The van der Waals surface area contributed by atoms with Gasteiger partial charge in [-0.05, 0) is 23.6 Å². The maximum Gasteiger partial charge on any atom is 0.401 e. The van der Waals surface area contributed by atoms with Crippen molar-refractivity contribution in [3.8, 4) is 0 Å². The van der Waals surface area contributed by atoms with E-state index >= 15 is 0 Å². The highest BCUT2D eigenvalue weighted by molar-refractivity contribution is 5.74. The minimum absolute atomic E-state index is 0.225. The molecule has 2 amide bonds. The lowest BCUT2D eigenvalue weighted by Gasteiger charge is -2.23. The van der Waals surface area contributed by atoms with Gasteiger partial charge in [-0.2, -0.15) is 18.3 Å². The highest BCUT2D eigenvalue weighted by Crippen LogP contribution is 2.17. The Morgan fingerprint density at radius 1 is 1.07 bits per heavy atom. The molecular weight excluding hydrogens is 371 g/mol. The average Bonchev–Trinajstić information content (AvgIpc) is 3.04. The number of rotatable bonds is 5. The van der Waals surface area contributed by atoms with Crippen LogP contribution in [0.25, 0.3) is 0 Å². The van der Waals surface area contributed by atoms with E-state index in [0.717, 1.165) is 11.1 Å². The second kappa shape index (κ2) is 9.09. The molecule has 2 heterocycles. The highest BCUT2D eigenvalue weighted by Gasteiger charge is 2.31. The number of carbonyl (C=O) groups is 1. The van der Waals surface area contributed by atoms with Gasteiger partial charge in [-0.25, -0.2) is 4.79 Å². The molecule has 6 nitrogen and oxygen atoms in total. The number of urea groups is 1. The first-order chi connectivity index (χ1) is 13.4. The predicted octanol–water partition coefficient (Wildman–Crippen LogP) is 2.71. The largest absolute Gasteiger partial charge is 0.401 e. The lowest BCUT2D eigenvalue weighted by atomic mass is 10.1. The summed E-state index contributed by atoms with van der Waals surface area (Å²) in [6, 6.07) is 9.40. The Balaban J connectivity index is 1.53. The first-order valence-corrected chi connectivity index (χ1v) is 9.27. The monoisotopic (exact) mass is 395 g/mol. The molecule has 1 fully saturated rings. The van der Waals surface area contributed by atoms with Crippen molar-refractivity contribution < 1.29 is 18.0 Å². The maximum atomic E-state index is 12.6. The maximum absolute atomic E-state index is 12.6. The third-order valence-electron chi connectivity index (χ3n) is 4.72. The van der Waals surface area contributed by atoms with Crippen molar-refractivity contribution >= 4 is 6.03 Å². The number of hydrogen-bond acceptors (Lipinski definition) is 3. The van der Waals surface area contributed by atoms with Crippen molar-refractivity contribution in [2.24, 2.45) is 0 Å². The van der Waals surface area contributed by atoms with Crippen LogP contribution < -0.4 is 5.32 Å². The van der Waals surface area contributed by atoms with Crippen LogP contribution in [0, 0.1) is 0 Å². The van der Waals surface area contributed by atoms with E-state index < -0.39 is 12.7 Å². The second-order valence-corrected chi connectivity index (χ2v) is 6.86. The van der Waals surface area contributed by atoms with Gasteiger partial charge >= 0.3 is 12.2 Å². The Morgan fingerprint density at radius 2 is 1.86 bits per heavy atom. The smallest absolute Gasteiger partial charge is 0.334 e. The van der Waals surface area contributed by atoms with E-state index in [0.29, 0.717) is 32.6 Å². The van der Waals surface area contributed by atoms with E-state index in [4.69, 9.17) is 0 Å². The van der Waals surface area contributed by atoms with Gasteiger partial charge in [0.15, 0.2) is 0 Å². The molecule has 1 aliphatic rings. The van der Waals surface area contributed by atoms with Crippen LogP contribution in [0.3, 0.4) is 0 Å². The van der Waals surface area contributed by atoms with Crippen LogP contribution in [0.15, 0.2) is 42.7 Å². The molecule has 0 radical (unpaired) electrons. The quantitative estimate of drug-likeness (QED) is 0.847. The summed E-state index contributed by atoms with van der Waals surface area (Å²) >= 11 is 0. The first-order valence-electron chi connectivity index (χ1n) is 9.27. The molecule has 0 atom stereocenters. The van der Waals surface area contributed by atoms with Gasteiger partial charge in [-0.1, -0.05) is 24.3 Å². The van der Waals surface area contributed by atoms with Gasteiger partial charge in [-0.3, -0.25) is 9.58 Å². The zero-order valence-electron chi connectivity index (χ0n) is 15.5. The zero-order chi connectivity index (χ0) is 20.0. The van der Waals surface area contributed by atoms with Crippen LogP contribution in [0.5, 0.6) is 0 Å². The lowest BCUT2D eigenvalue weighted by molar-refractivity contribution is -0.145. The number of nitrogens with one attached hydrogen (secondary N) is 1. The van der Waals surface area contributed by atoms with Crippen molar-refractivity contribution in [3.05, 3.63) is 53.9 Å². The zero-order valence-corrected chi connectivity index (χ0v) is 15.5. The lowest BCUT2D eigenvalue weighted by Crippen LogP contribution is -2.42. The Bertz CT molecular complexity index is 763. The summed E-state index contributed by atoms with van der Waals surface area (Å²) in [6.45, 7) is 1.35. The predicted molar refractivity (Wildman–Crippen MR) is 98.7 cm³/mol. The Morgan fingerprint density at radius 3 is 2.57 bits per heavy atom. The van der Waals surface area contributed by atoms with Crippen LogP contribution in [0.1, 0.15) is 17.5 Å². The molecule has 0 saturated carbocycles. The third-order valence-corrected chi connectivity index (χ3v) is 4.72. The number of amides is 2. The van der Waals surface area contributed by atoms with Gasteiger partial charge in [0.2, 0.25) is 0 Å². The molecule has 152 valence electrons. The van der Waals surface area contributed by atoms with E-state index in [1.807, 2.05) is 41.2 Å².